The minimum Gasteiger partial charge on any atom is -0.481 e. The maximum Gasteiger partial charge on any atom is 0.410 e. The molecule has 6 aliphatic rings. The highest BCUT2D eigenvalue weighted by Crippen LogP contribution is 2.75. The maximum atomic E-state index is 14.3. The number of allylic oxidation sites excluding steroid dienone is 2. The van der Waals surface area contributed by atoms with Crippen molar-refractivity contribution in [1.29, 1.82) is 0 Å². The third-order valence-corrected chi connectivity index (χ3v) is 16.2. The third kappa shape index (κ3) is 6.31. The van der Waals surface area contributed by atoms with Crippen molar-refractivity contribution >= 4 is 29.6 Å². The number of ether oxygens (including phenoxy) is 1. The smallest absolute Gasteiger partial charge is 0.410 e. The van der Waals surface area contributed by atoms with Crippen LogP contribution in [-0.2, 0) is 9.53 Å². The molecule has 1 aromatic rings. The van der Waals surface area contributed by atoms with Gasteiger partial charge in [0.25, 0.3) is 0 Å². The van der Waals surface area contributed by atoms with E-state index in [9.17, 15) is 29.4 Å². The van der Waals surface area contributed by atoms with Gasteiger partial charge in [-0.15, -0.1) is 0 Å². The molecule has 5 aliphatic carbocycles. The zero-order chi connectivity index (χ0) is 39.0. The SMILES string of the molecule is CC1C(c2ccc(C(=O)O)cc2)=CCC2(C)C1CCC1(C)C2CCC2C3CCCC3(NC(=O)N3CCN(C(=O)OC(C)(C)C)CC3CC(=O)O)CC[C@]21C. The molecule has 10 nitrogen and oxygen atoms in total. The number of amides is 3. The number of piperazine rings is 1. The number of aliphatic carboxylic acids is 1. The number of carbonyl (C=O) groups excluding carboxylic acids is 2. The van der Waals surface area contributed by atoms with E-state index in [2.05, 4.69) is 39.1 Å². The van der Waals surface area contributed by atoms with E-state index in [1.807, 2.05) is 32.9 Å². The van der Waals surface area contributed by atoms with Gasteiger partial charge in [0.1, 0.15) is 5.60 Å². The number of aromatic carboxylic acids is 1. The standard InChI is InChI=1S/C44H63N3O7/c1-27-31(28-10-12-29(13-11-28)37(50)51)16-19-41(5)32(27)17-20-43(7)35(41)15-14-33-34-9-8-18-44(34,22-21-42(33,43)6)45-38(52)47-24-23-46(26-30(47)25-36(48)49)39(53)54-40(2,3)4/h10-13,16,27,30,32-35H,8-9,14-15,17-26H2,1-7H3,(H,45,52)(H,48,49)(H,50,51)/t27?,30?,32?,33?,34?,35?,41?,42-,43?,44?/m1/s1. The van der Waals surface area contributed by atoms with Crippen LogP contribution in [0.15, 0.2) is 30.3 Å². The lowest BCUT2D eigenvalue weighted by molar-refractivity contribution is -0.210. The molecule has 54 heavy (non-hydrogen) atoms. The molecule has 1 aliphatic heterocycles. The molecule has 1 heterocycles. The molecule has 0 bridgehead atoms. The molecule has 296 valence electrons. The molecule has 3 N–H and O–H groups in total. The van der Waals surface area contributed by atoms with Crippen LogP contribution in [0.2, 0.25) is 0 Å². The van der Waals surface area contributed by atoms with Gasteiger partial charge < -0.3 is 30.1 Å². The zero-order valence-corrected chi connectivity index (χ0v) is 33.6. The van der Waals surface area contributed by atoms with Gasteiger partial charge >= 0.3 is 24.1 Å². The van der Waals surface area contributed by atoms with E-state index in [0.29, 0.717) is 41.7 Å². The Morgan fingerprint density at radius 3 is 2.26 bits per heavy atom. The molecular formula is C44H63N3O7. The van der Waals surface area contributed by atoms with Crippen molar-refractivity contribution in [2.75, 3.05) is 19.6 Å². The fourth-order valence-corrected chi connectivity index (χ4v) is 13.5. The molecule has 0 radical (unpaired) electrons. The molecule has 0 spiro atoms. The molecule has 1 aromatic carbocycles. The van der Waals surface area contributed by atoms with Gasteiger partial charge in [0.05, 0.1) is 18.0 Å². The van der Waals surface area contributed by atoms with E-state index < -0.39 is 29.7 Å². The first kappa shape index (κ1) is 38.7. The number of nitrogens with one attached hydrogen (secondary N) is 1. The van der Waals surface area contributed by atoms with E-state index in [1.54, 1.807) is 21.9 Å². The Morgan fingerprint density at radius 2 is 1.59 bits per heavy atom. The summed E-state index contributed by atoms with van der Waals surface area (Å²) in [5.74, 6) is 0.573. The fraction of sp³-hybridized carbons (Fsp3) is 0.727. The quantitative estimate of drug-likeness (QED) is 0.274. The Kier molecular flexibility index (Phi) is 9.73. The molecule has 10 heteroatoms. The van der Waals surface area contributed by atoms with Gasteiger partial charge in [-0.2, -0.15) is 0 Å². The second kappa shape index (κ2) is 13.6. The van der Waals surface area contributed by atoms with E-state index in [4.69, 9.17) is 4.74 Å². The number of benzene rings is 1. The second-order valence-electron chi connectivity index (χ2n) is 19.7. The average Bonchev–Trinajstić information content (AvgIpc) is 3.51. The summed E-state index contributed by atoms with van der Waals surface area (Å²) in [6.07, 6.45) is 12.7. The molecule has 5 fully saturated rings. The predicted molar refractivity (Wildman–Crippen MR) is 207 cm³/mol. The van der Waals surface area contributed by atoms with Crippen LogP contribution in [0.3, 0.4) is 0 Å². The first-order chi connectivity index (χ1) is 25.3. The lowest BCUT2D eigenvalue weighted by Crippen LogP contribution is -2.68. The van der Waals surface area contributed by atoms with Crippen molar-refractivity contribution in [3.8, 4) is 0 Å². The van der Waals surface area contributed by atoms with Crippen LogP contribution in [0.25, 0.3) is 5.57 Å². The predicted octanol–water partition coefficient (Wildman–Crippen LogP) is 8.70. The van der Waals surface area contributed by atoms with E-state index in [-0.39, 0.29) is 47.3 Å². The Labute approximate surface area is 321 Å². The molecule has 3 amide bonds. The second-order valence-corrected chi connectivity index (χ2v) is 19.7. The number of urea groups is 1. The van der Waals surface area contributed by atoms with E-state index >= 15 is 0 Å². The average molecular weight is 746 g/mol. The van der Waals surface area contributed by atoms with Crippen LogP contribution in [0.4, 0.5) is 9.59 Å². The van der Waals surface area contributed by atoms with Crippen LogP contribution >= 0.6 is 0 Å². The zero-order valence-electron chi connectivity index (χ0n) is 33.6. The Bertz CT molecular complexity index is 1700. The minimum atomic E-state index is -0.990. The highest BCUT2D eigenvalue weighted by molar-refractivity contribution is 5.88. The van der Waals surface area contributed by atoms with Crippen molar-refractivity contribution in [3.05, 3.63) is 41.5 Å². The molecular weight excluding hydrogens is 682 g/mol. The van der Waals surface area contributed by atoms with Gasteiger partial charge in [0.2, 0.25) is 0 Å². The number of nitrogens with zero attached hydrogens (tertiary/aromatic N) is 2. The fourth-order valence-electron chi connectivity index (χ4n) is 13.5. The largest absolute Gasteiger partial charge is 0.481 e. The first-order valence-electron chi connectivity index (χ1n) is 20.6. The highest BCUT2D eigenvalue weighted by Gasteiger charge is 2.69. The summed E-state index contributed by atoms with van der Waals surface area (Å²) in [5, 5.41) is 22.8. The van der Waals surface area contributed by atoms with Crippen molar-refractivity contribution in [2.45, 2.75) is 136 Å². The van der Waals surface area contributed by atoms with E-state index in [1.165, 1.54) is 31.3 Å². The van der Waals surface area contributed by atoms with Crippen molar-refractivity contribution < 1.29 is 34.1 Å². The summed E-state index contributed by atoms with van der Waals surface area (Å²) in [6, 6.07) is 6.61. The number of hydrogen-bond donors (Lipinski definition) is 3. The third-order valence-electron chi connectivity index (χ3n) is 16.2. The molecule has 10 atom stereocenters. The number of carboxylic acids is 2. The van der Waals surface area contributed by atoms with Gasteiger partial charge in [-0.05, 0) is 148 Å². The molecule has 9 unspecified atom stereocenters. The number of carbonyl (C=O) groups is 4. The van der Waals surface area contributed by atoms with Gasteiger partial charge in [-0.25, -0.2) is 14.4 Å². The number of fused-ring (bicyclic) bond motifs is 7. The van der Waals surface area contributed by atoms with Gasteiger partial charge in [-0.1, -0.05) is 52.3 Å². The normalized spacial score (nSPS) is 38.9. The minimum absolute atomic E-state index is 0.136. The summed E-state index contributed by atoms with van der Waals surface area (Å²) < 4.78 is 5.58. The van der Waals surface area contributed by atoms with Gasteiger partial charge in [-0.3, -0.25) is 4.79 Å². The molecule has 4 saturated carbocycles. The van der Waals surface area contributed by atoms with Crippen molar-refractivity contribution in [3.63, 3.8) is 0 Å². The van der Waals surface area contributed by atoms with Crippen LogP contribution in [0.1, 0.15) is 135 Å². The van der Waals surface area contributed by atoms with Gasteiger partial charge in [0.15, 0.2) is 0 Å². The van der Waals surface area contributed by atoms with Gasteiger partial charge in [0, 0.05) is 25.2 Å². The lowest BCUT2D eigenvalue weighted by atomic mass is 9.34. The molecule has 7 rings (SSSR count). The highest BCUT2D eigenvalue weighted by atomic mass is 16.6. The van der Waals surface area contributed by atoms with E-state index in [0.717, 1.165) is 44.1 Å². The summed E-state index contributed by atoms with van der Waals surface area (Å²) in [4.78, 5) is 53.9. The number of hydrogen-bond acceptors (Lipinski definition) is 5. The van der Waals surface area contributed by atoms with Crippen molar-refractivity contribution in [1.82, 2.24) is 15.1 Å². The number of rotatable bonds is 5. The first-order valence-corrected chi connectivity index (χ1v) is 20.6. The summed E-state index contributed by atoms with van der Waals surface area (Å²) >= 11 is 0. The number of carboxylic acid groups (broad SMARTS) is 2. The monoisotopic (exact) mass is 745 g/mol. The molecule has 0 aromatic heterocycles. The lowest BCUT2D eigenvalue weighted by Gasteiger charge is -2.71. The summed E-state index contributed by atoms with van der Waals surface area (Å²) in [7, 11) is 0. The van der Waals surface area contributed by atoms with Crippen LogP contribution in [0, 0.1) is 45.8 Å². The Balaban J connectivity index is 1.09. The maximum absolute atomic E-state index is 14.3. The van der Waals surface area contributed by atoms with Crippen LogP contribution in [-0.4, -0.2) is 80.9 Å². The van der Waals surface area contributed by atoms with Crippen molar-refractivity contribution in [2.24, 2.45) is 45.8 Å². The van der Waals surface area contributed by atoms with Crippen LogP contribution < -0.4 is 5.32 Å². The Morgan fingerprint density at radius 1 is 0.870 bits per heavy atom. The molecule has 1 saturated heterocycles. The van der Waals surface area contributed by atoms with Crippen LogP contribution in [0.5, 0.6) is 0 Å². The summed E-state index contributed by atoms with van der Waals surface area (Å²) in [6.45, 7) is 16.3. The summed E-state index contributed by atoms with van der Waals surface area (Å²) in [5.41, 5.74) is 2.38. The Hall–Kier alpha value is -3.56. The topological polar surface area (TPSA) is 136 Å².